The van der Waals surface area contributed by atoms with Crippen LogP contribution in [0.15, 0.2) is 24.5 Å². The number of likely N-dealkylation sites (tertiary alicyclic amines) is 1. The maximum Gasteiger partial charge on any atom is 0.0335 e. The first kappa shape index (κ1) is 14.5. The molecule has 1 aromatic rings. The van der Waals surface area contributed by atoms with Gasteiger partial charge in [-0.05, 0) is 44.5 Å². The third-order valence-electron chi connectivity index (χ3n) is 4.54. The van der Waals surface area contributed by atoms with E-state index in [-0.39, 0.29) is 0 Å². The molecular formula is C16H27N3. The van der Waals surface area contributed by atoms with Gasteiger partial charge in [0.1, 0.15) is 0 Å². The molecule has 0 saturated carbocycles. The second-order valence-corrected chi connectivity index (χ2v) is 5.45. The first-order valence-corrected chi connectivity index (χ1v) is 7.64. The lowest BCUT2D eigenvalue weighted by Crippen LogP contribution is -2.45. The van der Waals surface area contributed by atoms with Gasteiger partial charge in [-0.3, -0.25) is 9.88 Å². The number of piperidine rings is 1. The van der Waals surface area contributed by atoms with Gasteiger partial charge < -0.3 is 4.90 Å². The summed E-state index contributed by atoms with van der Waals surface area (Å²) in [5, 5.41) is 0. The van der Waals surface area contributed by atoms with Crippen molar-refractivity contribution in [1.29, 1.82) is 0 Å². The summed E-state index contributed by atoms with van der Waals surface area (Å²) in [7, 11) is 0. The van der Waals surface area contributed by atoms with Gasteiger partial charge >= 0.3 is 0 Å². The SMILES string of the molecule is CCN(CC)C1CCN(C(C)c2cccnc2)CC1. The predicted octanol–water partition coefficient (Wildman–Crippen LogP) is 2.95. The Bertz CT molecular complexity index is 354. The van der Waals surface area contributed by atoms with Crippen molar-refractivity contribution >= 4 is 0 Å². The molecule has 2 rings (SSSR count). The molecule has 3 heteroatoms. The average molecular weight is 261 g/mol. The van der Waals surface area contributed by atoms with E-state index < -0.39 is 0 Å². The van der Waals surface area contributed by atoms with Crippen LogP contribution >= 0.6 is 0 Å². The quantitative estimate of drug-likeness (QED) is 0.812. The number of pyridine rings is 1. The van der Waals surface area contributed by atoms with Gasteiger partial charge in [0.25, 0.3) is 0 Å². The molecule has 106 valence electrons. The summed E-state index contributed by atoms with van der Waals surface area (Å²) in [5.41, 5.74) is 1.34. The van der Waals surface area contributed by atoms with Crippen molar-refractivity contribution in [2.45, 2.75) is 45.7 Å². The summed E-state index contributed by atoms with van der Waals surface area (Å²) >= 11 is 0. The maximum atomic E-state index is 4.24. The standard InChI is InChI=1S/C16H27N3/c1-4-18(5-2)16-8-11-19(12-9-16)14(3)15-7-6-10-17-13-15/h6-7,10,13-14,16H,4-5,8-9,11-12H2,1-3H3. The Morgan fingerprint density at radius 2 is 2.00 bits per heavy atom. The molecule has 19 heavy (non-hydrogen) atoms. The molecule has 0 radical (unpaired) electrons. The highest BCUT2D eigenvalue weighted by atomic mass is 15.2. The Kier molecular flexibility index (Phi) is 5.34. The molecule has 1 aliphatic heterocycles. The fraction of sp³-hybridized carbons (Fsp3) is 0.688. The minimum Gasteiger partial charge on any atom is -0.301 e. The van der Waals surface area contributed by atoms with E-state index in [9.17, 15) is 0 Å². The summed E-state index contributed by atoms with van der Waals surface area (Å²) in [6.45, 7) is 11.6. The van der Waals surface area contributed by atoms with Crippen LogP contribution in [0.5, 0.6) is 0 Å². The maximum absolute atomic E-state index is 4.24. The van der Waals surface area contributed by atoms with E-state index in [4.69, 9.17) is 0 Å². The van der Waals surface area contributed by atoms with E-state index >= 15 is 0 Å². The largest absolute Gasteiger partial charge is 0.301 e. The van der Waals surface area contributed by atoms with Crippen LogP contribution in [0.25, 0.3) is 0 Å². The van der Waals surface area contributed by atoms with Crippen molar-refractivity contribution in [3.05, 3.63) is 30.1 Å². The molecule has 1 fully saturated rings. The highest BCUT2D eigenvalue weighted by molar-refractivity contribution is 5.13. The topological polar surface area (TPSA) is 19.4 Å². The average Bonchev–Trinajstić information content (AvgIpc) is 2.49. The van der Waals surface area contributed by atoms with Crippen LogP contribution in [0.2, 0.25) is 0 Å². The zero-order valence-electron chi connectivity index (χ0n) is 12.5. The van der Waals surface area contributed by atoms with Crippen LogP contribution in [-0.2, 0) is 0 Å². The fourth-order valence-electron chi connectivity index (χ4n) is 3.21. The Hall–Kier alpha value is -0.930. The molecule has 0 amide bonds. The van der Waals surface area contributed by atoms with E-state index in [0.717, 1.165) is 6.04 Å². The van der Waals surface area contributed by atoms with Gasteiger partial charge in [0, 0.05) is 37.6 Å². The second-order valence-electron chi connectivity index (χ2n) is 5.45. The molecular weight excluding hydrogens is 234 g/mol. The summed E-state index contributed by atoms with van der Waals surface area (Å²) in [4.78, 5) is 9.43. The van der Waals surface area contributed by atoms with Gasteiger partial charge in [-0.1, -0.05) is 19.9 Å². The summed E-state index contributed by atoms with van der Waals surface area (Å²) in [5.74, 6) is 0. The number of hydrogen-bond donors (Lipinski definition) is 0. The first-order valence-electron chi connectivity index (χ1n) is 7.64. The monoisotopic (exact) mass is 261 g/mol. The van der Waals surface area contributed by atoms with Gasteiger partial charge in [0.15, 0.2) is 0 Å². The van der Waals surface area contributed by atoms with Crippen LogP contribution < -0.4 is 0 Å². The third kappa shape index (κ3) is 3.54. The Labute approximate surface area is 117 Å². The molecule has 0 N–H and O–H groups in total. The normalized spacial score (nSPS) is 19.8. The number of aromatic nitrogens is 1. The molecule has 3 nitrogen and oxygen atoms in total. The summed E-state index contributed by atoms with van der Waals surface area (Å²) in [6, 6.07) is 5.50. The van der Waals surface area contributed by atoms with Gasteiger partial charge in [-0.25, -0.2) is 0 Å². The van der Waals surface area contributed by atoms with Crippen LogP contribution in [0, 0.1) is 0 Å². The molecule has 0 spiro atoms. The summed E-state index contributed by atoms with van der Waals surface area (Å²) in [6.07, 6.45) is 6.45. The number of nitrogens with zero attached hydrogens (tertiary/aromatic N) is 3. The van der Waals surface area contributed by atoms with Crippen molar-refractivity contribution in [2.75, 3.05) is 26.2 Å². The molecule has 1 aliphatic rings. The smallest absolute Gasteiger partial charge is 0.0335 e. The minimum atomic E-state index is 0.492. The Morgan fingerprint density at radius 3 is 2.53 bits per heavy atom. The fourth-order valence-corrected chi connectivity index (χ4v) is 3.21. The molecule has 1 aromatic heterocycles. The van der Waals surface area contributed by atoms with Crippen molar-refractivity contribution < 1.29 is 0 Å². The van der Waals surface area contributed by atoms with Crippen LogP contribution in [0.3, 0.4) is 0 Å². The molecule has 1 unspecified atom stereocenters. The third-order valence-corrected chi connectivity index (χ3v) is 4.54. The van der Waals surface area contributed by atoms with Crippen LogP contribution in [-0.4, -0.2) is 47.0 Å². The van der Waals surface area contributed by atoms with Gasteiger partial charge in [-0.15, -0.1) is 0 Å². The molecule has 1 saturated heterocycles. The zero-order valence-corrected chi connectivity index (χ0v) is 12.5. The van der Waals surface area contributed by atoms with Gasteiger partial charge in [0.2, 0.25) is 0 Å². The van der Waals surface area contributed by atoms with Crippen molar-refractivity contribution in [3.8, 4) is 0 Å². The molecule has 0 aliphatic carbocycles. The van der Waals surface area contributed by atoms with E-state index in [1.165, 1.54) is 44.6 Å². The van der Waals surface area contributed by atoms with Crippen LogP contribution in [0.1, 0.15) is 45.2 Å². The highest BCUT2D eigenvalue weighted by Crippen LogP contribution is 2.25. The van der Waals surface area contributed by atoms with Gasteiger partial charge in [0.05, 0.1) is 0 Å². The first-order chi connectivity index (χ1) is 9.26. The van der Waals surface area contributed by atoms with E-state index in [0.29, 0.717) is 6.04 Å². The molecule has 2 heterocycles. The second kappa shape index (κ2) is 7.01. The lowest BCUT2D eigenvalue weighted by Gasteiger charge is -2.40. The van der Waals surface area contributed by atoms with Crippen molar-refractivity contribution in [3.63, 3.8) is 0 Å². The minimum absolute atomic E-state index is 0.492. The lowest BCUT2D eigenvalue weighted by atomic mass is 10.00. The van der Waals surface area contributed by atoms with E-state index in [2.05, 4.69) is 41.6 Å². The molecule has 1 atom stereocenters. The molecule has 0 bridgehead atoms. The molecule has 0 aromatic carbocycles. The van der Waals surface area contributed by atoms with Crippen molar-refractivity contribution in [2.24, 2.45) is 0 Å². The number of hydrogen-bond acceptors (Lipinski definition) is 3. The van der Waals surface area contributed by atoms with Crippen LogP contribution in [0.4, 0.5) is 0 Å². The summed E-state index contributed by atoms with van der Waals surface area (Å²) < 4.78 is 0. The Balaban J connectivity index is 1.89. The van der Waals surface area contributed by atoms with E-state index in [1.54, 1.807) is 0 Å². The zero-order chi connectivity index (χ0) is 13.7. The van der Waals surface area contributed by atoms with Gasteiger partial charge in [-0.2, -0.15) is 0 Å². The van der Waals surface area contributed by atoms with Crippen molar-refractivity contribution in [1.82, 2.24) is 14.8 Å². The Morgan fingerprint density at radius 1 is 1.32 bits per heavy atom. The lowest BCUT2D eigenvalue weighted by molar-refractivity contribution is 0.0938. The highest BCUT2D eigenvalue weighted by Gasteiger charge is 2.25. The predicted molar refractivity (Wildman–Crippen MR) is 80.2 cm³/mol. The number of rotatable bonds is 5. The van der Waals surface area contributed by atoms with E-state index in [1.807, 2.05) is 18.5 Å².